The number of aryl methyl sites for hydroxylation is 2. The molecule has 1 fully saturated rings. The van der Waals surface area contributed by atoms with Crippen molar-refractivity contribution in [1.82, 2.24) is 19.7 Å². The lowest BCUT2D eigenvalue weighted by Gasteiger charge is -2.31. The lowest BCUT2D eigenvalue weighted by atomic mass is 9.95. The van der Waals surface area contributed by atoms with E-state index < -0.39 is 0 Å². The number of likely N-dealkylation sites (tertiary alicyclic amines) is 1. The van der Waals surface area contributed by atoms with Crippen molar-refractivity contribution in [3.8, 4) is 0 Å². The summed E-state index contributed by atoms with van der Waals surface area (Å²) in [7, 11) is 1.98. The van der Waals surface area contributed by atoms with E-state index in [1.54, 1.807) is 17.7 Å². The van der Waals surface area contributed by atoms with Gasteiger partial charge in [-0.2, -0.15) is 0 Å². The van der Waals surface area contributed by atoms with Crippen molar-refractivity contribution in [3.63, 3.8) is 0 Å². The maximum absolute atomic E-state index is 12.3. The smallest absolute Gasteiger partial charge is 0.222 e. The van der Waals surface area contributed by atoms with E-state index in [1.165, 1.54) is 4.88 Å². The quantitative estimate of drug-likeness (QED) is 0.851. The van der Waals surface area contributed by atoms with Gasteiger partial charge in [-0.05, 0) is 37.1 Å². The van der Waals surface area contributed by atoms with Crippen LogP contribution in [0.2, 0.25) is 0 Å². The summed E-state index contributed by atoms with van der Waals surface area (Å²) in [4.78, 5) is 15.7. The van der Waals surface area contributed by atoms with Gasteiger partial charge in [0.2, 0.25) is 5.91 Å². The van der Waals surface area contributed by atoms with Gasteiger partial charge >= 0.3 is 0 Å². The van der Waals surface area contributed by atoms with Gasteiger partial charge in [-0.1, -0.05) is 6.07 Å². The zero-order valence-corrected chi connectivity index (χ0v) is 13.8. The molecule has 0 atom stereocenters. The van der Waals surface area contributed by atoms with Gasteiger partial charge in [0.05, 0.1) is 0 Å². The second-order valence-electron chi connectivity index (χ2n) is 5.89. The SMILES string of the molecule is Cn1cnnc1C1CCN(C(=O)CCCc2cccs2)CC1. The van der Waals surface area contributed by atoms with Gasteiger partial charge in [0.15, 0.2) is 0 Å². The van der Waals surface area contributed by atoms with E-state index in [0.717, 1.165) is 44.6 Å². The van der Waals surface area contributed by atoms with E-state index in [4.69, 9.17) is 0 Å². The van der Waals surface area contributed by atoms with Crippen LogP contribution in [0.15, 0.2) is 23.8 Å². The molecule has 22 heavy (non-hydrogen) atoms. The summed E-state index contributed by atoms with van der Waals surface area (Å²) in [6.45, 7) is 1.69. The summed E-state index contributed by atoms with van der Waals surface area (Å²) in [5, 5.41) is 10.2. The average Bonchev–Trinajstić information content (AvgIpc) is 3.19. The van der Waals surface area contributed by atoms with Gasteiger partial charge < -0.3 is 9.47 Å². The van der Waals surface area contributed by atoms with E-state index in [1.807, 2.05) is 16.5 Å². The molecule has 2 aromatic rings. The molecule has 0 unspecified atom stereocenters. The fourth-order valence-corrected chi connectivity index (χ4v) is 3.83. The van der Waals surface area contributed by atoms with Crippen molar-refractivity contribution < 1.29 is 4.79 Å². The Kier molecular flexibility index (Phi) is 4.87. The molecule has 2 aromatic heterocycles. The van der Waals surface area contributed by atoms with Crippen molar-refractivity contribution in [2.24, 2.45) is 7.05 Å². The molecule has 1 aliphatic heterocycles. The van der Waals surface area contributed by atoms with Gasteiger partial charge in [-0.25, -0.2) is 0 Å². The molecule has 0 radical (unpaired) electrons. The first-order valence-electron chi connectivity index (χ1n) is 7.88. The number of aromatic nitrogens is 3. The van der Waals surface area contributed by atoms with Crippen molar-refractivity contribution in [2.45, 2.75) is 38.0 Å². The molecule has 118 valence electrons. The van der Waals surface area contributed by atoms with E-state index in [9.17, 15) is 4.79 Å². The van der Waals surface area contributed by atoms with Gasteiger partial charge in [0.25, 0.3) is 0 Å². The molecule has 3 heterocycles. The molecule has 0 bridgehead atoms. The van der Waals surface area contributed by atoms with E-state index in [2.05, 4.69) is 27.7 Å². The van der Waals surface area contributed by atoms with Crippen LogP contribution in [0.4, 0.5) is 0 Å². The number of hydrogen-bond acceptors (Lipinski definition) is 4. The number of hydrogen-bond donors (Lipinski definition) is 0. The summed E-state index contributed by atoms with van der Waals surface area (Å²) in [6.07, 6.45) is 6.34. The molecule has 0 aromatic carbocycles. The Morgan fingerprint density at radius 1 is 1.41 bits per heavy atom. The highest BCUT2D eigenvalue weighted by molar-refractivity contribution is 7.09. The van der Waals surface area contributed by atoms with Crippen molar-refractivity contribution in [3.05, 3.63) is 34.5 Å². The lowest BCUT2D eigenvalue weighted by Crippen LogP contribution is -2.38. The molecular formula is C16H22N4OS. The predicted molar refractivity (Wildman–Crippen MR) is 86.8 cm³/mol. The molecular weight excluding hydrogens is 296 g/mol. The first kappa shape index (κ1) is 15.2. The third-order valence-electron chi connectivity index (χ3n) is 4.35. The van der Waals surface area contributed by atoms with E-state index >= 15 is 0 Å². The van der Waals surface area contributed by atoms with Crippen molar-refractivity contribution in [1.29, 1.82) is 0 Å². The number of nitrogens with zero attached hydrogens (tertiary/aromatic N) is 4. The summed E-state index contributed by atoms with van der Waals surface area (Å²) in [6, 6.07) is 4.21. The fraction of sp³-hybridized carbons (Fsp3) is 0.562. The van der Waals surface area contributed by atoms with Gasteiger partial charge in [-0.15, -0.1) is 21.5 Å². The summed E-state index contributed by atoms with van der Waals surface area (Å²) < 4.78 is 1.99. The Bertz CT molecular complexity index is 599. The summed E-state index contributed by atoms with van der Waals surface area (Å²) >= 11 is 1.77. The lowest BCUT2D eigenvalue weighted by molar-refractivity contribution is -0.132. The van der Waals surface area contributed by atoms with Gasteiger partial charge in [-0.3, -0.25) is 4.79 Å². The summed E-state index contributed by atoms with van der Waals surface area (Å²) in [5.74, 6) is 1.78. The highest BCUT2D eigenvalue weighted by Crippen LogP contribution is 2.26. The Morgan fingerprint density at radius 3 is 2.86 bits per heavy atom. The minimum Gasteiger partial charge on any atom is -0.343 e. The Labute approximate surface area is 135 Å². The van der Waals surface area contributed by atoms with Crippen LogP contribution in [0.5, 0.6) is 0 Å². The topological polar surface area (TPSA) is 51.0 Å². The third-order valence-corrected chi connectivity index (χ3v) is 5.29. The molecule has 1 saturated heterocycles. The van der Waals surface area contributed by atoms with Crippen LogP contribution in [0.25, 0.3) is 0 Å². The van der Waals surface area contributed by atoms with Gasteiger partial charge in [0, 0.05) is 37.4 Å². The molecule has 0 saturated carbocycles. The minimum atomic E-state index is 0.299. The number of amides is 1. The van der Waals surface area contributed by atoms with Crippen LogP contribution in [0.1, 0.15) is 42.3 Å². The van der Waals surface area contributed by atoms with Crippen LogP contribution in [0, 0.1) is 0 Å². The predicted octanol–water partition coefficient (Wildman–Crippen LogP) is 2.61. The summed E-state index contributed by atoms with van der Waals surface area (Å²) in [5.41, 5.74) is 0. The molecule has 0 aliphatic carbocycles. The molecule has 1 aliphatic rings. The second kappa shape index (κ2) is 7.05. The number of rotatable bonds is 5. The van der Waals surface area contributed by atoms with Crippen molar-refractivity contribution in [2.75, 3.05) is 13.1 Å². The normalized spacial score (nSPS) is 16.1. The average molecular weight is 318 g/mol. The molecule has 6 heteroatoms. The number of thiophene rings is 1. The highest BCUT2D eigenvalue weighted by atomic mass is 32.1. The number of piperidine rings is 1. The zero-order chi connectivity index (χ0) is 15.4. The maximum atomic E-state index is 12.3. The largest absolute Gasteiger partial charge is 0.343 e. The number of carbonyl (C=O) groups excluding carboxylic acids is 1. The van der Waals surface area contributed by atoms with Crippen molar-refractivity contribution >= 4 is 17.2 Å². The minimum absolute atomic E-state index is 0.299. The fourth-order valence-electron chi connectivity index (χ4n) is 3.08. The second-order valence-corrected chi connectivity index (χ2v) is 6.92. The Morgan fingerprint density at radius 2 is 2.23 bits per heavy atom. The molecule has 3 rings (SSSR count). The molecule has 5 nitrogen and oxygen atoms in total. The van der Waals surface area contributed by atoms with Crippen LogP contribution < -0.4 is 0 Å². The monoisotopic (exact) mass is 318 g/mol. The first-order chi connectivity index (χ1) is 10.7. The Hall–Kier alpha value is -1.69. The van der Waals surface area contributed by atoms with Crippen LogP contribution in [-0.2, 0) is 18.3 Å². The molecule has 1 amide bonds. The van der Waals surface area contributed by atoms with Crippen LogP contribution >= 0.6 is 11.3 Å². The van der Waals surface area contributed by atoms with E-state index in [-0.39, 0.29) is 0 Å². The van der Waals surface area contributed by atoms with Gasteiger partial charge in [0.1, 0.15) is 12.2 Å². The molecule has 0 spiro atoms. The number of carbonyl (C=O) groups is 1. The zero-order valence-electron chi connectivity index (χ0n) is 12.9. The third kappa shape index (κ3) is 3.55. The van der Waals surface area contributed by atoms with Crippen LogP contribution in [0.3, 0.4) is 0 Å². The highest BCUT2D eigenvalue weighted by Gasteiger charge is 2.25. The maximum Gasteiger partial charge on any atom is 0.222 e. The van der Waals surface area contributed by atoms with E-state index in [0.29, 0.717) is 18.2 Å². The van der Waals surface area contributed by atoms with Crippen LogP contribution in [-0.4, -0.2) is 38.7 Å². The first-order valence-corrected chi connectivity index (χ1v) is 8.76. The Balaban J connectivity index is 1.43. The standard InChI is InChI=1S/C16H22N4OS/c1-19-12-17-18-16(19)13-7-9-20(10-8-13)15(21)6-2-4-14-5-3-11-22-14/h3,5,11-13H,2,4,6-10H2,1H3. The molecule has 0 N–H and O–H groups in total.